The van der Waals surface area contributed by atoms with Gasteiger partial charge in [0.15, 0.2) is 0 Å². The van der Waals surface area contributed by atoms with Crippen molar-refractivity contribution >= 4 is 50.9 Å². The smallest absolute Gasteiger partial charge is 0.117 e. The molecule has 0 aliphatic heterocycles. The minimum atomic E-state index is -1.27. The second-order valence-electron chi connectivity index (χ2n) is 7.16. The molecule has 1 aliphatic rings. The molecular formula is C24H18Cl2NP. The summed E-state index contributed by atoms with van der Waals surface area (Å²) in [5.41, 5.74) is 15.1. The third kappa shape index (κ3) is 2.81. The highest BCUT2D eigenvalue weighted by atomic mass is 35.9. The van der Waals surface area contributed by atoms with Crippen LogP contribution in [0, 0.1) is 0 Å². The van der Waals surface area contributed by atoms with E-state index in [1.807, 2.05) is 18.2 Å². The maximum absolute atomic E-state index is 6.85. The van der Waals surface area contributed by atoms with Gasteiger partial charge in [-0.2, -0.15) is 0 Å². The molecule has 0 atom stereocenters. The Morgan fingerprint density at radius 2 is 1.25 bits per heavy atom. The van der Waals surface area contributed by atoms with Crippen LogP contribution in [0.1, 0.15) is 22.3 Å². The first kappa shape index (κ1) is 18.0. The largest absolute Gasteiger partial charge is 0.398 e. The van der Waals surface area contributed by atoms with Gasteiger partial charge in [0, 0.05) is 23.0 Å². The van der Waals surface area contributed by atoms with E-state index < -0.39 is 6.63 Å². The summed E-state index contributed by atoms with van der Waals surface area (Å²) in [5.74, 6) is 0. The third-order valence-corrected chi connectivity index (χ3v) is 7.54. The SMILES string of the molecule is Nc1c2c(c3ccccc3c1-c1ccccc1P(Cl)Cl)Cc1ccccc1C2. The van der Waals surface area contributed by atoms with Crippen LogP contribution in [-0.2, 0) is 12.8 Å². The zero-order chi connectivity index (χ0) is 19.3. The fraction of sp³-hybridized carbons (Fsp3) is 0.0833. The maximum atomic E-state index is 6.85. The number of nitrogen functional groups attached to an aromatic ring is 1. The van der Waals surface area contributed by atoms with Crippen molar-refractivity contribution in [3.05, 3.63) is 95.1 Å². The molecule has 4 aromatic rings. The summed E-state index contributed by atoms with van der Waals surface area (Å²) in [7, 11) is 0. The first-order valence-corrected chi connectivity index (χ1v) is 12.4. The van der Waals surface area contributed by atoms with E-state index in [2.05, 4.69) is 54.6 Å². The quantitative estimate of drug-likeness (QED) is 0.241. The van der Waals surface area contributed by atoms with E-state index in [1.165, 1.54) is 27.6 Å². The van der Waals surface area contributed by atoms with Gasteiger partial charge in [0.05, 0.1) is 0 Å². The van der Waals surface area contributed by atoms with Crippen LogP contribution in [0.5, 0.6) is 0 Å². The molecule has 5 rings (SSSR count). The Hall–Kier alpha value is -2.05. The Morgan fingerprint density at radius 1 is 0.679 bits per heavy atom. The van der Waals surface area contributed by atoms with Crippen LogP contribution < -0.4 is 11.0 Å². The van der Waals surface area contributed by atoms with Crippen molar-refractivity contribution in [3.8, 4) is 11.1 Å². The number of benzene rings is 4. The Labute approximate surface area is 175 Å². The van der Waals surface area contributed by atoms with Crippen LogP contribution in [0.25, 0.3) is 21.9 Å². The number of hydrogen-bond acceptors (Lipinski definition) is 1. The maximum Gasteiger partial charge on any atom is 0.117 e. The van der Waals surface area contributed by atoms with Gasteiger partial charge in [0.2, 0.25) is 0 Å². The Morgan fingerprint density at radius 3 is 1.96 bits per heavy atom. The zero-order valence-electron chi connectivity index (χ0n) is 15.1. The van der Waals surface area contributed by atoms with Gasteiger partial charge in [0.25, 0.3) is 0 Å². The zero-order valence-corrected chi connectivity index (χ0v) is 17.5. The van der Waals surface area contributed by atoms with Gasteiger partial charge in [-0.1, -0.05) is 95.3 Å². The molecule has 0 saturated heterocycles. The normalized spacial score (nSPS) is 12.8. The van der Waals surface area contributed by atoms with E-state index in [1.54, 1.807) is 0 Å². The fourth-order valence-corrected chi connectivity index (χ4v) is 5.85. The van der Waals surface area contributed by atoms with Crippen molar-refractivity contribution in [2.75, 3.05) is 5.73 Å². The van der Waals surface area contributed by atoms with Gasteiger partial charge in [-0.05, 0) is 45.0 Å². The summed E-state index contributed by atoms with van der Waals surface area (Å²) in [6.45, 7) is -1.27. The Bertz CT molecular complexity index is 1220. The Kier molecular flexibility index (Phi) is 4.56. The summed E-state index contributed by atoms with van der Waals surface area (Å²) < 4.78 is 0. The van der Waals surface area contributed by atoms with Gasteiger partial charge in [-0.3, -0.25) is 0 Å². The van der Waals surface area contributed by atoms with E-state index in [0.29, 0.717) is 0 Å². The van der Waals surface area contributed by atoms with E-state index in [9.17, 15) is 0 Å². The molecule has 0 amide bonds. The van der Waals surface area contributed by atoms with Crippen molar-refractivity contribution < 1.29 is 0 Å². The minimum Gasteiger partial charge on any atom is -0.398 e. The lowest BCUT2D eigenvalue weighted by atomic mass is 9.80. The Balaban J connectivity index is 1.85. The monoisotopic (exact) mass is 421 g/mol. The number of anilines is 1. The van der Waals surface area contributed by atoms with Gasteiger partial charge < -0.3 is 5.73 Å². The van der Waals surface area contributed by atoms with E-state index in [4.69, 9.17) is 28.2 Å². The molecule has 0 unspecified atom stereocenters. The van der Waals surface area contributed by atoms with Crippen LogP contribution in [0.2, 0.25) is 0 Å². The van der Waals surface area contributed by atoms with Crippen molar-refractivity contribution in [1.29, 1.82) is 0 Å². The summed E-state index contributed by atoms with van der Waals surface area (Å²) >= 11 is 12.7. The summed E-state index contributed by atoms with van der Waals surface area (Å²) in [6.07, 6.45) is 1.77. The first-order chi connectivity index (χ1) is 13.6. The van der Waals surface area contributed by atoms with Crippen LogP contribution >= 0.6 is 29.1 Å². The molecule has 4 aromatic carbocycles. The molecule has 138 valence electrons. The highest BCUT2D eigenvalue weighted by molar-refractivity contribution is 8.09. The first-order valence-electron chi connectivity index (χ1n) is 9.25. The molecule has 0 heterocycles. The lowest BCUT2D eigenvalue weighted by molar-refractivity contribution is 1.02. The van der Waals surface area contributed by atoms with Crippen molar-refractivity contribution in [2.45, 2.75) is 12.8 Å². The summed E-state index contributed by atoms with van der Waals surface area (Å²) in [4.78, 5) is 0. The van der Waals surface area contributed by atoms with Crippen LogP contribution in [0.15, 0.2) is 72.8 Å². The van der Waals surface area contributed by atoms with Crippen LogP contribution in [-0.4, -0.2) is 0 Å². The van der Waals surface area contributed by atoms with Crippen LogP contribution in [0.4, 0.5) is 5.69 Å². The minimum absolute atomic E-state index is 0.848. The lowest BCUT2D eigenvalue weighted by Crippen LogP contribution is -2.13. The molecule has 28 heavy (non-hydrogen) atoms. The fourth-order valence-electron chi connectivity index (χ4n) is 4.40. The van der Waals surface area contributed by atoms with Gasteiger partial charge in [-0.15, -0.1) is 0 Å². The van der Waals surface area contributed by atoms with Gasteiger partial charge >= 0.3 is 0 Å². The van der Waals surface area contributed by atoms with E-state index >= 15 is 0 Å². The second-order valence-corrected chi connectivity index (χ2v) is 10.7. The number of nitrogens with two attached hydrogens (primary N) is 1. The van der Waals surface area contributed by atoms with E-state index in [-0.39, 0.29) is 0 Å². The predicted octanol–water partition coefficient (Wildman–Crippen LogP) is 7.00. The highest BCUT2D eigenvalue weighted by Gasteiger charge is 2.25. The van der Waals surface area contributed by atoms with Gasteiger partial charge in [-0.25, -0.2) is 0 Å². The average molecular weight is 422 g/mol. The summed E-state index contributed by atoms with van der Waals surface area (Å²) in [6, 6.07) is 25.3. The van der Waals surface area contributed by atoms with Crippen molar-refractivity contribution in [3.63, 3.8) is 0 Å². The molecular weight excluding hydrogens is 404 g/mol. The standard InChI is InChI=1S/C24H18Cl2NP/c25-28(26)22-12-6-5-11-19(22)23-18-10-4-3-9-17(18)20-13-15-7-1-2-8-16(15)14-21(20)24(23)27/h1-12H,13-14,27H2. The molecule has 4 heteroatoms. The van der Waals surface area contributed by atoms with Gasteiger partial charge in [0.1, 0.15) is 6.63 Å². The number of rotatable bonds is 2. The topological polar surface area (TPSA) is 26.0 Å². The van der Waals surface area contributed by atoms with E-state index in [0.717, 1.165) is 40.3 Å². The molecule has 0 radical (unpaired) electrons. The predicted molar refractivity (Wildman–Crippen MR) is 124 cm³/mol. The molecule has 0 saturated carbocycles. The molecule has 1 aliphatic carbocycles. The molecule has 0 aromatic heterocycles. The molecule has 2 N–H and O–H groups in total. The molecule has 0 spiro atoms. The van der Waals surface area contributed by atoms with Crippen LogP contribution in [0.3, 0.4) is 0 Å². The molecule has 1 nitrogen and oxygen atoms in total. The molecule has 0 bridgehead atoms. The van der Waals surface area contributed by atoms with Crippen molar-refractivity contribution in [1.82, 2.24) is 0 Å². The number of halogens is 2. The summed E-state index contributed by atoms with van der Waals surface area (Å²) in [5, 5.41) is 3.38. The molecule has 0 fully saturated rings. The third-order valence-electron chi connectivity index (χ3n) is 5.69. The average Bonchev–Trinajstić information content (AvgIpc) is 2.73. The highest BCUT2D eigenvalue weighted by Crippen LogP contribution is 2.50. The lowest BCUT2D eigenvalue weighted by Gasteiger charge is -2.26. The number of fused-ring (bicyclic) bond motifs is 4. The van der Waals surface area contributed by atoms with Crippen molar-refractivity contribution in [2.24, 2.45) is 0 Å². The number of hydrogen-bond donors (Lipinski definition) is 1. The second kappa shape index (κ2) is 7.08.